The first-order chi connectivity index (χ1) is 12.5. The largest absolute Gasteiger partial charge is 0.545 e. The standard InChI is InChI=1S/C20H17NO4S/c22-20(23)17-10-6-11-18(14-17)26(24,25)21-19-12-5-4-9-16(19)13-15-7-2-1-3-8-15/h1-12,14,21H,13H2,(H,22,23)/p-1. The number of carbonyl (C=O) groups excluding carboxylic acids is 1. The molecule has 0 amide bonds. The lowest BCUT2D eigenvalue weighted by molar-refractivity contribution is -0.255. The topological polar surface area (TPSA) is 86.3 Å². The van der Waals surface area contributed by atoms with Crippen LogP contribution in [0.3, 0.4) is 0 Å². The summed E-state index contributed by atoms with van der Waals surface area (Å²) in [5.74, 6) is -1.42. The molecule has 3 rings (SSSR count). The van der Waals surface area contributed by atoms with Crippen LogP contribution in [0.1, 0.15) is 21.5 Å². The molecular weight excluding hydrogens is 350 g/mol. The van der Waals surface area contributed by atoms with Gasteiger partial charge in [0.1, 0.15) is 0 Å². The Morgan fingerprint density at radius 3 is 2.31 bits per heavy atom. The van der Waals surface area contributed by atoms with E-state index in [-0.39, 0.29) is 10.5 Å². The lowest BCUT2D eigenvalue weighted by atomic mass is 10.0. The number of hydrogen-bond donors (Lipinski definition) is 1. The average Bonchev–Trinajstić information content (AvgIpc) is 2.64. The minimum atomic E-state index is -3.93. The van der Waals surface area contributed by atoms with Gasteiger partial charge in [-0.3, -0.25) is 4.72 Å². The molecule has 6 heteroatoms. The fourth-order valence-electron chi connectivity index (χ4n) is 2.58. The van der Waals surface area contributed by atoms with Crippen molar-refractivity contribution in [2.45, 2.75) is 11.3 Å². The van der Waals surface area contributed by atoms with Crippen molar-refractivity contribution in [1.82, 2.24) is 0 Å². The molecule has 5 nitrogen and oxygen atoms in total. The minimum absolute atomic E-state index is 0.131. The van der Waals surface area contributed by atoms with E-state index in [9.17, 15) is 18.3 Å². The first kappa shape index (κ1) is 17.7. The Bertz CT molecular complexity index is 1030. The van der Waals surface area contributed by atoms with Gasteiger partial charge in [-0.2, -0.15) is 0 Å². The highest BCUT2D eigenvalue weighted by atomic mass is 32.2. The third-order valence-corrected chi connectivity index (χ3v) is 5.24. The molecule has 0 saturated carbocycles. The molecule has 0 aliphatic heterocycles. The highest BCUT2D eigenvalue weighted by Gasteiger charge is 2.16. The van der Waals surface area contributed by atoms with Crippen LogP contribution in [-0.4, -0.2) is 14.4 Å². The SMILES string of the molecule is O=C([O-])c1cccc(S(=O)(=O)Nc2ccccc2Cc2ccccc2)c1. The fourth-order valence-corrected chi connectivity index (χ4v) is 3.73. The van der Waals surface area contributed by atoms with Crippen molar-refractivity contribution in [3.8, 4) is 0 Å². The number of carboxylic acids is 1. The Kier molecular flexibility index (Phi) is 5.04. The highest BCUT2D eigenvalue weighted by molar-refractivity contribution is 7.92. The summed E-state index contributed by atoms with van der Waals surface area (Å²) < 4.78 is 27.9. The quantitative estimate of drug-likeness (QED) is 0.726. The number of carbonyl (C=O) groups is 1. The number of hydrogen-bond acceptors (Lipinski definition) is 4. The maximum absolute atomic E-state index is 12.7. The smallest absolute Gasteiger partial charge is 0.261 e. The first-order valence-electron chi connectivity index (χ1n) is 7.92. The fraction of sp³-hybridized carbons (Fsp3) is 0.0500. The number of aromatic carboxylic acids is 1. The summed E-state index contributed by atoms with van der Waals surface area (Å²) in [4.78, 5) is 10.8. The lowest BCUT2D eigenvalue weighted by Gasteiger charge is -2.13. The molecule has 0 heterocycles. The summed E-state index contributed by atoms with van der Waals surface area (Å²) in [7, 11) is -3.93. The predicted octanol–water partition coefficient (Wildman–Crippen LogP) is 2.44. The van der Waals surface area contributed by atoms with Gasteiger partial charge < -0.3 is 9.90 Å². The van der Waals surface area contributed by atoms with Crippen LogP contribution >= 0.6 is 0 Å². The number of rotatable bonds is 6. The average molecular weight is 366 g/mol. The van der Waals surface area contributed by atoms with Crippen LogP contribution < -0.4 is 9.83 Å². The molecule has 0 bridgehead atoms. The molecule has 3 aromatic rings. The Morgan fingerprint density at radius 2 is 1.58 bits per heavy atom. The monoisotopic (exact) mass is 366 g/mol. The van der Waals surface area contributed by atoms with Crippen molar-refractivity contribution >= 4 is 21.7 Å². The minimum Gasteiger partial charge on any atom is -0.545 e. The van der Waals surface area contributed by atoms with Crippen molar-refractivity contribution in [3.63, 3.8) is 0 Å². The highest BCUT2D eigenvalue weighted by Crippen LogP contribution is 2.23. The van der Waals surface area contributed by atoms with Gasteiger partial charge in [0.05, 0.1) is 16.6 Å². The molecule has 1 N–H and O–H groups in total. The van der Waals surface area contributed by atoms with E-state index in [1.165, 1.54) is 18.2 Å². The summed E-state index contributed by atoms with van der Waals surface area (Å²) >= 11 is 0. The molecule has 0 aliphatic rings. The number of carboxylic acid groups (broad SMARTS) is 1. The van der Waals surface area contributed by atoms with Crippen molar-refractivity contribution < 1.29 is 18.3 Å². The Hall–Kier alpha value is -3.12. The van der Waals surface area contributed by atoms with Crippen molar-refractivity contribution in [1.29, 1.82) is 0 Å². The van der Waals surface area contributed by atoms with Gasteiger partial charge in [0.2, 0.25) is 0 Å². The van der Waals surface area contributed by atoms with Gasteiger partial charge >= 0.3 is 0 Å². The molecule has 3 aromatic carbocycles. The third-order valence-electron chi connectivity index (χ3n) is 3.88. The summed E-state index contributed by atoms with van der Waals surface area (Å²) in [6, 6.07) is 21.9. The molecule has 132 valence electrons. The molecular formula is C20H16NO4S-. The number of anilines is 1. The van der Waals surface area contributed by atoms with Crippen LogP contribution in [-0.2, 0) is 16.4 Å². The van der Waals surface area contributed by atoms with Crippen molar-refractivity contribution in [3.05, 3.63) is 95.6 Å². The van der Waals surface area contributed by atoms with Crippen molar-refractivity contribution in [2.75, 3.05) is 4.72 Å². The zero-order valence-electron chi connectivity index (χ0n) is 13.8. The summed E-state index contributed by atoms with van der Waals surface area (Å²) in [6.45, 7) is 0. The van der Waals surface area contributed by atoms with E-state index >= 15 is 0 Å². The van der Waals surface area contributed by atoms with E-state index in [1.807, 2.05) is 42.5 Å². The lowest BCUT2D eigenvalue weighted by Crippen LogP contribution is -2.23. The Labute approximate surface area is 152 Å². The summed E-state index contributed by atoms with van der Waals surface area (Å²) in [6.07, 6.45) is 0.568. The molecule has 0 aromatic heterocycles. The van der Waals surface area contributed by atoms with Crippen LogP contribution in [0.2, 0.25) is 0 Å². The molecule has 0 saturated heterocycles. The second-order valence-electron chi connectivity index (χ2n) is 5.74. The van der Waals surface area contributed by atoms with E-state index in [0.717, 1.165) is 17.2 Å². The molecule has 0 atom stereocenters. The number of sulfonamides is 1. The molecule has 0 radical (unpaired) electrons. The van der Waals surface area contributed by atoms with Gasteiger partial charge in [0.15, 0.2) is 0 Å². The summed E-state index contributed by atoms with van der Waals surface area (Å²) in [5.41, 5.74) is 2.14. The van der Waals surface area contributed by atoms with Crippen LogP contribution in [0.15, 0.2) is 83.8 Å². The third kappa shape index (κ3) is 4.10. The molecule has 0 unspecified atom stereocenters. The zero-order valence-corrected chi connectivity index (χ0v) is 14.6. The molecule has 0 spiro atoms. The molecule has 0 aliphatic carbocycles. The van der Waals surface area contributed by atoms with Crippen LogP contribution in [0.4, 0.5) is 5.69 Å². The molecule has 26 heavy (non-hydrogen) atoms. The van der Waals surface area contributed by atoms with E-state index in [4.69, 9.17) is 0 Å². The first-order valence-corrected chi connectivity index (χ1v) is 9.40. The van der Waals surface area contributed by atoms with Gasteiger partial charge in [-0.1, -0.05) is 60.7 Å². The van der Waals surface area contributed by atoms with Gasteiger partial charge in [-0.25, -0.2) is 8.42 Å². The van der Waals surface area contributed by atoms with Crippen molar-refractivity contribution in [2.24, 2.45) is 0 Å². The Morgan fingerprint density at radius 1 is 0.885 bits per heavy atom. The number of benzene rings is 3. The van der Waals surface area contributed by atoms with E-state index in [2.05, 4.69) is 4.72 Å². The van der Waals surface area contributed by atoms with Gasteiger partial charge in [0.25, 0.3) is 10.0 Å². The second kappa shape index (κ2) is 7.41. The van der Waals surface area contributed by atoms with Gasteiger partial charge in [-0.15, -0.1) is 0 Å². The van der Waals surface area contributed by atoms with Crippen LogP contribution in [0.5, 0.6) is 0 Å². The van der Waals surface area contributed by atoms with Gasteiger partial charge in [-0.05, 0) is 41.3 Å². The number of nitrogens with one attached hydrogen (secondary N) is 1. The second-order valence-corrected chi connectivity index (χ2v) is 7.42. The van der Waals surface area contributed by atoms with Crippen LogP contribution in [0, 0.1) is 0 Å². The zero-order chi connectivity index (χ0) is 18.6. The van der Waals surface area contributed by atoms with Gasteiger partial charge in [0, 0.05) is 0 Å². The maximum Gasteiger partial charge on any atom is 0.261 e. The summed E-state index contributed by atoms with van der Waals surface area (Å²) in [5, 5.41) is 11.0. The normalized spacial score (nSPS) is 11.1. The van der Waals surface area contributed by atoms with E-state index < -0.39 is 16.0 Å². The Balaban J connectivity index is 1.91. The molecule has 0 fully saturated rings. The predicted molar refractivity (Wildman–Crippen MR) is 97.3 cm³/mol. The maximum atomic E-state index is 12.7. The van der Waals surface area contributed by atoms with Crippen LogP contribution in [0.25, 0.3) is 0 Å². The number of para-hydroxylation sites is 1. The van der Waals surface area contributed by atoms with E-state index in [1.54, 1.807) is 12.1 Å². The van der Waals surface area contributed by atoms with E-state index in [0.29, 0.717) is 12.1 Å².